The monoisotopic (exact) mass is 248 g/mol. The number of nitrogens with one attached hydrogen (secondary N) is 1. The van der Waals surface area contributed by atoms with E-state index in [-0.39, 0.29) is 11.9 Å². The summed E-state index contributed by atoms with van der Waals surface area (Å²) >= 11 is 0. The Labute approximate surface area is 110 Å². The number of benzene rings is 1. The SMILES string of the molecule is Cc1ccc(C(C)(C)C(=O)NCCC(C)N)cc1. The molecule has 0 bridgehead atoms. The molecule has 0 saturated heterocycles. The van der Waals surface area contributed by atoms with Gasteiger partial charge in [0.05, 0.1) is 5.41 Å². The Bertz CT molecular complexity index is 393. The zero-order valence-corrected chi connectivity index (χ0v) is 11.8. The molecule has 100 valence electrons. The van der Waals surface area contributed by atoms with Crippen LogP contribution in [0.1, 0.15) is 38.3 Å². The van der Waals surface area contributed by atoms with Crippen LogP contribution in [0, 0.1) is 6.92 Å². The zero-order valence-electron chi connectivity index (χ0n) is 11.8. The van der Waals surface area contributed by atoms with E-state index in [2.05, 4.69) is 5.32 Å². The van der Waals surface area contributed by atoms with Crippen LogP contribution in [-0.4, -0.2) is 18.5 Å². The van der Waals surface area contributed by atoms with Crippen molar-refractivity contribution in [2.45, 2.75) is 45.6 Å². The van der Waals surface area contributed by atoms with Crippen molar-refractivity contribution in [1.29, 1.82) is 0 Å². The van der Waals surface area contributed by atoms with Gasteiger partial charge in [-0.1, -0.05) is 29.8 Å². The van der Waals surface area contributed by atoms with Crippen LogP contribution in [0.5, 0.6) is 0 Å². The van der Waals surface area contributed by atoms with Crippen LogP contribution in [0.2, 0.25) is 0 Å². The summed E-state index contributed by atoms with van der Waals surface area (Å²) < 4.78 is 0. The van der Waals surface area contributed by atoms with Gasteiger partial charge in [-0.3, -0.25) is 4.79 Å². The molecule has 0 spiro atoms. The number of carbonyl (C=O) groups is 1. The summed E-state index contributed by atoms with van der Waals surface area (Å²) in [5.41, 5.74) is 7.39. The van der Waals surface area contributed by atoms with Crippen molar-refractivity contribution in [3.05, 3.63) is 35.4 Å². The maximum atomic E-state index is 12.2. The van der Waals surface area contributed by atoms with Crippen molar-refractivity contribution < 1.29 is 4.79 Å². The first-order valence-corrected chi connectivity index (χ1v) is 6.45. The van der Waals surface area contributed by atoms with Crippen molar-refractivity contribution in [3.8, 4) is 0 Å². The first-order chi connectivity index (χ1) is 8.34. The number of nitrogens with two attached hydrogens (primary N) is 1. The molecule has 3 heteroatoms. The van der Waals surface area contributed by atoms with Crippen LogP contribution in [0.25, 0.3) is 0 Å². The van der Waals surface area contributed by atoms with Gasteiger partial charge < -0.3 is 11.1 Å². The molecule has 0 aliphatic rings. The maximum Gasteiger partial charge on any atom is 0.230 e. The third-order valence-electron chi connectivity index (χ3n) is 3.23. The molecule has 0 aromatic heterocycles. The predicted octanol–water partition coefficient (Wildman–Crippen LogP) is 2.13. The highest BCUT2D eigenvalue weighted by Gasteiger charge is 2.29. The lowest BCUT2D eigenvalue weighted by molar-refractivity contribution is -0.125. The molecular weight excluding hydrogens is 224 g/mol. The lowest BCUT2D eigenvalue weighted by atomic mass is 9.83. The Morgan fingerprint density at radius 1 is 1.33 bits per heavy atom. The molecule has 0 aliphatic carbocycles. The Hall–Kier alpha value is -1.35. The molecule has 0 fully saturated rings. The van der Waals surface area contributed by atoms with Gasteiger partial charge in [-0.05, 0) is 39.7 Å². The second-order valence-corrected chi connectivity index (χ2v) is 5.51. The van der Waals surface area contributed by atoms with Gasteiger partial charge in [0.1, 0.15) is 0 Å². The van der Waals surface area contributed by atoms with Gasteiger partial charge in [-0.2, -0.15) is 0 Å². The van der Waals surface area contributed by atoms with E-state index in [1.165, 1.54) is 5.56 Å². The molecule has 0 aliphatic heterocycles. The van der Waals surface area contributed by atoms with Crippen LogP contribution in [0.15, 0.2) is 24.3 Å². The molecule has 1 unspecified atom stereocenters. The minimum Gasteiger partial charge on any atom is -0.355 e. The Balaban J connectivity index is 2.67. The predicted molar refractivity (Wildman–Crippen MR) is 75.5 cm³/mol. The molecule has 0 saturated carbocycles. The largest absolute Gasteiger partial charge is 0.355 e. The highest BCUT2D eigenvalue weighted by Crippen LogP contribution is 2.23. The van der Waals surface area contributed by atoms with E-state index in [0.717, 1.165) is 12.0 Å². The minimum atomic E-state index is -0.508. The Morgan fingerprint density at radius 2 is 1.89 bits per heavy atom. The van der Waals surface area contributed by atoms with E-state index < -0.39 is 5.41 Å². The summed E-state index contributed by atoms with van der Waals surface area (Å²) in [6.07, 6.45) is 0.801. The second kappa shape index (κ2) is 6.01. The molecule has 1 aromatic carbocycles. The third kappa shape index (κ3) is 3.84. The van der Waals surface area contributed by atoms with Gasteiger partial charge in [-0.25, -0.2) is 0 Å². The molecule has 3 nitrogen and oxygen atoms in total. The Morgan fingerprint density at radius 3 is 2.39 bits per heavy atom. The number of aryl methyl sites for hydroxylation is 1. The van der Waals surface area contributed by atoms with Crippen molar-refractivity contribution >= 4 is 5.91 Å². The van der Waals surface area contributed by atoms with E-state index in [4.69, 9.17) is 5.73 Å². The van der Waals surface area contributed by atoms with Gasteiger partial charge in [-0.15, -0.1) is 0 Å². The van der Waals surface area contributed by atoms with Gasteiger partial charge >= 0.3 is 0 Å². The molecule has 0 radical (unpaired) electrons. The summed E-state index contributed by atoms with van der Waals surface area (Å²) in [5.74, 6) is 0.0482. The first-order valence-electron chi connectivity index (χ1n) is 6.45. The lowest BCUT2D eigenvalue weighted by Gasteiger charge is -2.24. The molecule has 3 N–H and O–H groups in total. The summed E-state index contributed by atoms with van der Waals surface area (Å²) in [5, 5.41) is 2.95. The topological polar surface area (TPSA) is 55.1 Å². The molecule has 1 amide bonds. The van der Waals surface area contributed by atoms with Crippen LogP contribution in [-0.2, 0) is 10.2 Å². The van der Waals surface area contributed by atoms with E-state index in [1.54, 1.807) is 0 Å². The average Bonchev–Trinajstić information content (AvgIpc) is 2.28. The number of carbonyl (C=O) groups excluding carboxylic acids is 1. The van der Waals surface area contributed by atoms with E-state index >= 15 is 0 Å². The van der Waals surface area contributed by atoms with Gasteiger partial charge in [0, 0.05) is 12.6 Å². The second-order valence-electron chi connectivity index (χ2n) is 5.51. The smallest absolute Gasteiger partial charge is 0.230 e. The number of amides is 1. The fraction of sp³-hybridized carbons (Fsp3) is 0.533. The number of hydrogen-bond acceptors (Lipinski definition) is 2. The van der Waals surface area contributed by atoms with Gasteiger partial charge in [0.15, 0.2) is 0 Å². The molecule has 0 heterocycles. The minimum absolute atomic E-state index is 0.0482. The lowest BCUT2D eigenvalue weighted by Crippen LogP contribution is -2.41. The molecular formula is C15H24N2O. The average molecular weight is 248 g/mol. The van der Waals surface area contributed by atoms with Crippen molar-refractivity contribution in [1.82, 2.24) is 5.32 Å². The molecule has 18 heavy (non-hydrogen) atoms. The van der Waals surface area contributed by atoms with Crippen LogP contribution < -0.4 is 11.1 Å². The van der Waals surface area contributed by atoms with E-state index in [0.29, 0.717) is 6.54 Å². The summed E-state index contributed by atoms with van der Waals surface area (Å²) in [7, 11) is 0. The van der Waals surface area contributed by atoms with Crippen LogP contribution >= 0.6 is 0 Å². The standard InChI is InChI=1S/C15H24N2O/c1-11-5-7-13(8-6-11)15(3,4)14(18)17-10-9-12(2)16/h5-8,12H,9-10,16H2,1-4H3,(H,17,18). The number of hydrogen-bond donors (Lipinski definition) is 2. The Kier molecular flexibility index (Phi) is 4.91. The van der Waals surface area contributed by atoms with Crippen LogP contribution in [0.3, 0.4) is 0 Å². The summed E-state index contributed by atoms with van der Waals surface area (Å²) in [6, 6.07) is 8.22. The highest BCUT2D eigenvalue weighted by atomic mass is 16.2. The molecule has 1 rings (SSSR count). The van der Waals surface area contributed by atoms with Crippen molar-refractivity contribution in [3.63, 3.8) is 0 Å². The van der Waals surface area contributed by atoms with E-state index in [9.17, 15) is 4.79 Å². The van der Waals surface area contributed by atoms with Crippen molar-refractivity contribution in [2.24, 2.45) is 5.73 Å². The maximum absolute atomic E-state index is 12.2. The molecule has 1 aromatic rings. The normalized spacial score (nSPS) is 13.2. The quantitative estimate of drug-likeness (QED) is 0.838. The van der Waals surface area contributed by atoms with Gasteiger partial charge in [0.25, 0.3) is 0 Å². The third-order valence-corrected chi connectivity index (χ3v) is 3.23. The van der Waals surface area contributed by atoms with Gasteiger partial charge in [0.2, 0.25) is 5.91 Å². The summed E-state index contributed by atoms with van der Waals surface area (Å²) in [4.78, 5) is 12.2. The number of rotatable bonds is 5. The fourth-order valence-electron chi connectivity index (χ4n) is 1.74. The highest BCUT2D eigenvalue weighted by molar-refractivity contribution is 5.87. The first kappa shape index (κ1) is 14.7. The van der Waals surface area contributed by atoms with Crippen LogP contribution in [0.4, 0.5) is 0 Å². The fourth-order valence-corrected chi connectivity index (χ4v) is 1.74. The van der Waals surface area contributed by atoms with E-state index in [1.807, 2.05) is 52.0 Å². The summed E-state index contributed by atoms with van der Waals surface area (Å²) in [6.45, 7) is 8.50. The van der Waals surface area contributed by atoms with Crippen molar-refractivity contribution in [2.75, 3.05) is 6.54 Å². The zero-order chi connectivity index (χ0) is 13.8. The molecule has 1 atom stereocenters.